The highest BCUT2D eigenvalue weighted by atomic mass is 35.5. The molecule has 2 aliphatic rings. The van der Waals surface area contributed by atoms with Crippen LogP contribution in [0.15, 0.2) is 35.4 Å². The van der Waals surface area contributed by atoms with Crippen molar-refractivity contribution < 1.29 is 4.79 Å². The molecule has 1 aromatic heterocycles. The molecule has 29 heavy (non-hydrogen) atoms. The van der Waals surface area contributed by atoms with Crippen LogP contribution in [-0.2, 0) is 4.79 Å². The molecule has 2 atom stereocenters. The molecule has 0 bridgehead atoms. The lowest BCUT2D eigenvalue weighted by atomic mass is 9.95. The Kier molecular flexibility index (Phi) is 6.37. The van der Waals surface area contributed by atoms with Crippen molar-refractivity contribution >= 4 is 63.4 Å². The normalized spacial score (nSPS) is 22.6. The van der Waals surface area contributed by atoms with Crippen LogP contribution in [0.1, 0.15) is 37.1 Å². The Morgan fingerprint density at radius 1 is 1.14 bits per heavy atom. The quantitative estimate of drug-likeness (QED) is 0.615. The van der Waals surface area contributed by atoms with Gasteiger partial charge < -0.3 is 0 Å². The number of anilines is 1. The first-order valence-corrected chi connectivity index (χ1v) is 11.5. The maximum atomic E-state index is 13.0. The van der Waals surface area contributed by atoms with Crippen LogP contribution in [-0.4, -0.2) is 29.7 Å². The highest BCUT2D eigenvalue weighted by molar-refractivity contribution is 7.16. The maximum Gasteiger partial charge on any atom is 0.282 e. The number of amides is 1. The van der Waals surface area contributed by atoms with Gasteiger partial charge in [0.2, 0.25) is 0 Å². The van der Waals surface area contributed by atoms with Crippen LogP contribution in [0, 0.1) is 5.92 Å². The van der Waals surface area contributed by atoms with Crippen LogP contribution in [0.2, 0.25) is 14.4 Å². The second-order valence-electron chi connectivity index (χ2n) is 7.29. The highest BCUT2D eigenvalue weighted by Crippen LogP contribution is 2.44. The van der Waals surface area contributed by atoms with Crippen LogP contribution < -0.4 is 10.4 Å². The second-order valence-corrected chi connectivity index (χ2v) is 9.88. The molecule has 4 rings (SSSR count). The summed E-state index contributed by atoms with van der Waals surface area (Å²) in [6.07, 6.45) is 3.38. The number of hydrogen-bond acceptors (Lipinski definition) is 5. The van der Waals surface area contributed by atoms with E-state index < -0.39 is 0 Å². The summed E-state index contributed by atoms with van der Waals surface area (Å²) in [5.41, 5.74) is 4.21. The number of piperidine rings is 1. The van der Waals surface area contributed by atoms with Crippen molar-refractivity contribution in [2.45, 2.75) is 32.2 Å². The zero-order chi connectivity index (χ0) is 20.5. The third kappa shape index (κ3) is 4.42. The minimum Gasteiger partial charge on any atom is -0.284 e. The van der Waals surface area contributed by atoms with Crippen molar-refractivity contribution in [1.29, 1.82) is 0 Å². The lowest BCUT2D eigenvalue weighted by molar-refractivity contribution is -0.120. The number of benzene rings is 1. The first-order valence-electron chi connectivity index (χ1n) is 9.58. The minimum absolute atomic E-state index is 0.138. The Morgan fingerprint density at radius 2 is 1.90 bits per heavy atom. The molecule has 1 N–H and O–H groups in total. The van der Waals surface area contributed by atoms with Gasteiger partial charge in [0.25, 0.3) is 5.91 Å². The fourth-order valence-corrected chi connectivity index (χ4v) is 5.56. The van der Waals surface area contributed by atoms with Crippen LogP contribution in [0.25, 0.3) is 0 Å². The van der Waals surface area contributed by atoms with Crippen LogP contribution >= 0.6 is 46.1 Å². The van der Waals surface area contributed by atoms with Gasteiger partial charge in [-0.05, 0) is 43.2 Å². The molecule has 1 aromatic carbocycles. The van der Waals surface area contributed by atoms with Crippen molar-refractivity contribution in [1.82, 2.24) is 10.4 Å². The molecule has 1 saturated heterocycles. The number of carbonyl (C=O) groups excluding carboxylic acids is 1. The van der Waals surface area contributed by atoms with E-state index in [0.29, 0.717) is 25.8 Å². The molecule has 5 nitrogen and oxygen atoms in total. The Labute approximate surface area is 189 Å². The van der Waals surface area contributed by atoms with Crippen LogP contribution in [0.4, 0.5) is 5.69 Å². The average molecular weight is 472 g/mol. The van der Waals surface area contributed by atoms with Gasteiger partial charge >= 0.3 is 0 Å². The molecule has 3 heterocycles. The van der Waals surface area contributed by atoms with E-state index in [1.54, 1.807) is 12.1 Å². The maximum absolute atomic E-state index is 13.0. The van der Waals surface area contributed by atoms with Gasteiger partial charge in [0.15, 0.2) is 0 Å². The van der Waals surface area contributed by atoms with E-state index in [4.69, 9.17) is 39.9 Å². The zero-order valence-corrected chi connectivity index (χ0v) is 19.0. The summed E-state index contributed by atoms with van der Waals surface area (Å²) in [7, 11) is 0. The third-order valence-electron chi connectivity index (χ3n) is 5.27. The smallest absolute Gasteiger partial charge is 0.282 e. The lowest BCUT2D eigenvalue weighted by Crippen LogP contribution is -2.48. The molecular weight excluding hydrogens is 451 g/mol. The molecule has 0 aliphatic carbocycles. The minimum atomic E-state index is -0.173. The van der Waals surface area contributed by atoms with Gasteiger partial charge in [-0.3, -0.25) is 15.2 Å². The van der Waals surface area contributed by atoms with Gasteiger partial charge in [-0.15, -0.1) is 11.3 Å². The van der Waals surface area contributed by atoms with Crippen molar-refractivity contribution in [2.24, 2.45) is 11.0 Å². The number of nitrogens with one attached hydrogen (secondary N) is 1. The van der Waals surface area contributed by atoms with Crippen molar-refractivity contribution in [3.63, 3.8) is 0 Å². The van der Waals surface area contributed by atoms with Crippen LogP contribution in [0.3, 0.4) is 0 Å². The number of hydrazone groups is 1. The summed E-state index contributed by atoms with van der Waals surface area (Å²) in [5.74, 6) is -0.305. The molecule has 2 aliphatic heterocycles. The number of thiophene rings is 1. The van der Waals surface area contributed by atoms with E-state index in [-0.39, 0.29) is 17.9 Å². The Bertz CT molecular complexity index is 942. The van der Waals surface area contributed by atoms with E-state index in [2.05, 4.69) is 5.43 Å². The summed E-state index contributed by atoms with van der Waals surface area (Å²) in [5, 5.41) is 9.54. The lowest BCUT2D eigenvalue weighted by Gasteiger charge is -2.27. The summed E-state index contributed by atoms with van der Waals surface area (Å²) < 4.78 is 0.695. The molecular formula is C20H21Cl3N4OS. The van der Waals surface area contributed by atoms with Gasteiger partial charge in [-0.2, -0.15) is 5.10 Å². The second kappa shape index (κ2) is 8.82. The van der Waals surface area contributed by atoms with Crippen molar-refractivity contribution in [2.75, 3.05) is 18.1 Å². The number of halogens is 3. The topological polar surface area (TPSA) is 47.9 Å². The van der Waals surface area contributed by atoms with Gasteiger partial charge in [-0.1, -0.05) is 48.1 Å². The molecule has 0 radical (unpaired) electrons. The van der Waals surface area contributed by atoms with E-state index in [9.17, 15) is 4.79 Å². The molecule has 2 aromatic rings. The number of hydrogen-bond donors (Lipinski definition) is 1. The standard InChI is InChI=1S/C20H21Cl3N4OS/c1-12-18(20(28)25-26-9-3-2-4-10-26)24-27(15-6-5-13(21)11-14(15)22)19(12)16-7-8-17(23)29-16/h5-8,11-12,19H,2-4,9-10H2,1H3,(H,25,28). The largest absolute Gasteiger partial charge is 0.284 e. The molecule has 1 fully saturated rings. The molecule has 154 valence electrons. The third-order valence-corrected chi connectivity index (χ3v) is 7.11. The molecule has 9 heteroatoms. The Balaban J connectivity index is 1.67. The Morgan fingerprint density at radius 3 is 2.55 bits per heavy atom. The van der Waals surface area contributed by atoms with E-state index in [1.807, 2.05) is 35.1 Å². The zero-order valence-electron chi connectivity index (χ0n) is 15.9. The van der Waals surface area contributed by atoms with Gasteiger partial charge in [-0.25, -0.2) is 5.01 Å². The highest BCUT2D eigenvalue weighted by Gasteiger charge is 2.41. The van der Waals surface area contributed by atoms with E-state index in [1.165, 1.54) is 17.8 Å². The first kappa shape index (κ1) is 20.9. The van der Waals surface area contributed by atoms with Crippen molar-refractivity contribution in [3.8, 4) is 0 Å². The molecule has 0 spiro atoms. The summed E-state index contributed by atoms with van der Waals surface area (Å²) >= 11 is 20.2. The van der Waals surface area contributed by atoms with Crippen molar-refractivity contribution in [3.05, 3.63) is 49.6 Å². The predicted octanol–water partition coefficient (Wildman–Crippen LogP) is 5.78. The van der Waals surface area contributed by atoms with Gasteiger partial charge in [0.1, 0.15) is 5.71 Å². The average Bonchev–Trinajstić information content (AvgIpc) is 3.25. The van der Waals surface area contributed by atoms with Gasteiger partial charge in [0.05, 0.1) is 21.1 Å². The molecule has 1 amide bonds. The number of carbonyl (C=O) groups is 1. The monoisotopic (exact) mass is 470 g/mol. The SMILES string of the molecule is CC1C(C(=O)NN2CCCCC2)=NN(c2ccc(Cl)cc2Cl)C1c1ccc(Cl)s1. The van der Waals surface area contributed by atoms with E-state index in [0.717, 1.165) is 30.8 Å². The number of rotatable bonds is 4. The van der Waals surface area contributed by atoms with Gasteiger partial charge in [0, 0.05) is 28.9 Å². The number of hydrazine groups is 1. The van der Waals surface area contributed by atoms with E-state index >= 15 is 0 Å². The summed E-state index contributed by atoms with van der Waals surface area (Å²) in [6, 6.07) is 8.95. The predicted molar refractivity (Wildman–Crippen MR) is 121 cm³/mol. The summed E-state index contributed by atoms with van der Waals surface area (Å²) in [4.78, 5) is 14.1. The Hall–Kier alpha value is -1.31. The number of nitrogens with zero attached hydrogens (tertiary/aromatic N) is 3. The summed E-state index contributed by atoms with van der Waals surface area (Å²) in [6.45, 7) is 3.74. The first-order chi connectivity index (χ1) is 13.9. The molecule has 2 unspecified atom stereocenters. The fourth-order valence-electron chi connectivity index (χ4n) is 3.81. The van der Waals surface area contributed by atoms with Crippen LogP contribution in [0.5, 0.6) is 0 Å². The molecule has 0 saturated carbocycles. The fraction of sp³-hybridized carbons (Fsp3) is 0.400.